The number of nitrogens with one attached hydrogen (secondary N) is 2. The number of carbonyl (C=O) groups excluding carboxylic acids is 1. The Morgan fingerprint density at radius 2 is 2.17 bits per heavy atom. The number of benzene rings is 1. The maximum absolute atomic E-state index is 11.9. The highest BCUT2D eigenvalue weighted by atomic mass is 32.1. The van der Waals surface area contributed by atoms with Gasteiger partial charge in [-0.3, -0.25) is 9.78 Å². The van der Waals surface area contributed by atoms with Gasteiger partial charge in [0.05, 0.1) is 18.0 Å². The van der Waals surface area contributed by atoms with E-state index in [4.69, 9.17) is 21.4 Å². The quantitative estimate of drug-likeness (QED) is 0.586. The zero-order valence-electron chi connectivity index (χ0n) is 16.7. The molecule has 7 nitrogen and oxygen atoms in total. The van der Waals surface area contributed by atoms with Crippen LogP contribution in [0.2, 0.25) is 0 Å². The molecule has 2 aromatic heterocycles. The lowest BCUT2D eigenvalue weighted by Crippen LogP contribution is -2.29. The molecule has 1 aromatic carbocycles. The number of carbonyl (C=O) groups is 1. The second-order valence-electron chi connectivity index (χ2n) is 6.99. The van der Waals surface area contributed by atoms with Gasteiger partial charge < -0.3 is 24.7 Å². The van der Waals surface area contributed by atoms with Crippen molar-refractivity contribution in [1.82, 2.24) is 10.3 Å². The number of pyridine rings is 1. The van der Waals surface area contributed by atoms with Crippen molar-refractivity contribution in [1.29, 1.82) is 0 Å². The second kappa shape index (κ2) is 8.64. The van der Waals surface area contributed by atoms with Crippen LogP contribution in [0.4, 0.5) is 11.4 Å². The molecule has 0 aliphatic carbocycles. The van der Waals surface area contributed by atoms with Crippen molar-refractivity contribution in [3.63, 3.8) is 0 Å². The maximum atomic E-state index is 11.9. The molecule has 1 fully saturated rings. The summed E-state index contributed by atoms with van der Waals surface area (Å²) in [7, 11) is 1.49. The van der Waals surface area contributed by atoms with Gasteiger partial charge in [0.2, 0.25) is 5.91 Å². The van der Waals surface area contributed by atoms with E-state index >= 15 is 0 Å². The van der Waals surface area contributed by atoms with E-state index in [2.05, 4.69) is 15.6 Å². The molecular formula is C22H22N4O3S. The highest BCUT2D eigenvalue weighted by Crippen LogP contribution is 2.42. The molecule has 0 spiro atoms. The molecule has 3 aromatic rings. The third-order valence-electron chi connectivity index (χ3n) is 4.97. The van der Waals surface area contributed by atoms with Gasteiger partial charge in [0.25, 0.3) is 0 Å². The number of aryl methyl sites for hydroxylation is 1. The number of aromatic nitrogens is 1. The first kappa shape index (κ1) is 20.1. The number of methoxy groups -OCH3 is 1. The molecule has 0 radical (unpaired) electrons. The molecule has 1 amide bonds. The third kappa shape index (κ3) is 3.92. The fraction of sp³-hybridized carbons (Fsp3) is 0.227. The number of rotatable bonds is 6. The van der Waals surface area contributed by atoms with E-state index < -0.39 is 0 Å². The van der Waals surface area contributed by atoms with Crippen molar-refractivity contribution in [2.24, 2.45) is 0 Å². The fourth-order valence-corrected chi connectivity index (χ4v) is 3.98. The highest BCUT2D eigenvalue weighted by molar-refractivity contribution is 7.80. The van der Waals surface area contributed by atoms with E-state index in [1.165, 1.54) is 7.11 Å². The summed E-state index contributed by atoms with van der Waals surface area (Å²) in [6, 6.07) is 15.1. The largest absolute Gasteiger partial charge is 0.467 e. The Morgan fingerprint density at radius 1 is 1.30 bits per heavy atom. The molecule has 1 saturated heterocycles. The number of thiocarbonyl (C=S) groups is 1. The molecule has 1 aliphatic rings. The number of ether oxygens (including phenoxy) is 1. The minimum atomic E-state index is -0.199. The predicted octanol–water partition coefficient (Wildman–Crippen LogP) is 3.75. The van der Waals surface area contributed by atoms with E-state index in [0.29, 0.717) is 5.11 Å². The van der Waals surface area contributed by atoms with E-state index in [9.17, 15) is 4.79 Å². The maximum Gasteiger partial charge on any atom is 0.250 e. The Kier molecular flexibility index (Phi) is 5.78. The van der Waals surface area contributed by atoms with Crippen LogP contribution in [0.15, 0.2) is 65.4 Å². The molecule has 3 heterocycles. The van der Waals surface area contributed by atoms with Crippen LogP contribution in [0.1, 0.15) is 29.1 Å². The van der Waals surface area contributed by atoms with Gasteiger partial charge in [-0.05, 0) is 67.2 Å². The first-order valence-electron chi connectivity index (χ1n) is 9.52. The van der Waals surface area contributed by atoms with Crippen LogP contribution >= 0.6 is 12.2 Å². The van der Waals surface area contributed by atoms with Crippen molar-refractivity contribution in [2.75, 3.05) is 23.9 Å². The van der Waals surface area contributed by atoms with Crippen molar-refractivity contribution in [2.45, 2.75) is 19.0 Å². The average Bonchev–Trinajstić information content (AvgIpc) is 3.38. The monoisotopic (exact) mass is 422 g/mol. The van der Waals surface area contributed by atoms with Crippen LogP contribution in [0, 0.1) is 6.92 Å². The minimum Gasteiger partial charge on any atom is -0.467 e. The van der Waals surface area contributed by atoms with Crippen molar-refractivity contribution < 1.29 is 13.9 Å². The van der Waals surface area contributed by atoms with Crippen LogP contribution < -0.4 is 15.5 Å². The predicted molar refractivity (Wildman–Crippen MR) is 118 cm³/mol. The molecule has 0 saturated carbocycles. The highest BCUT2D eigenvalue weighted by Gasteiger charge is 2.42. The standard InChI is InChI=1S/C22H22N4O3S/c1-14-12-15(8-9-16(14)24-19(27)13-28-2)26-21(18-7-5-11-29-18)20(25-22(26)30)17-6-3-4-10-23-17/h3-12,20-21H,13H2,1-2H3,(H,24,27)(H,25,30). The Hall–Kier alpha value is -3.23. The van der Waals surface area contributed by atoms with Crippen LogP contribution in [0.25, 0.3) is 0 Å². The zero-order valence-corrected chi connectivity index (χ0v) is 17.5. The normalized spacial score (nSPS) is 18.3. The van der Waals surface area contributed by atoms with Crippen molar-refractivity contribution in [3.8, 4) is 0 Å². The Labute approximate surface area is 180 Å². The molecular weight excluding hydrogens is 400 g/mol. The van der Waals surface area contributed by atoms with Gasteiger partial charge >= 0.3 is 0 Å². The molecule has 0 bridgehead atoms. The molecule has 1 aliphatic heterocycles. The van der Waals surface area contributed by atoms with Crippen molar-refractivity contribution in [3.05, 3.63) is 78.0 Å². The van der Waals surface area contributed by atoms with Crippen molar-refractivity contribution >= 4 is 34.6 Å². The smallest absolute Gasteiger partial charge is 0.250 e. The van der Waals surface area contributed by atoms with Crippen LogP contribution in [0.3, 0.4) is 0 Å². The van der Waals surface area contributed by atoms with Gasteiger partial charge in [-0.15, -0.1) is 0 Å². The number of amides is 1. The third-order valence-corrected chi connectivity index (χ3v) is 5.29. The fourth-order valence-electron chi connectivity index (χ4n) is 3.64. The number of furan rings is 1. The van der Waals surface area contributed by atoms with Gasteiger partial charge in [0, 0.05) is 24.7 Å². The lowest BCUT2D eigenvalue weighted by atomic mass is 10.0. The minimum absolute atomic E-state index is 0.00758. The van der Waals surface area contributed by atoms with E-state index in [0.717, 1.165) is 28.4 Å². The lowest BCUT2D eigenvalue weighted by Gasteiger charge is -2.26. The molecule has 8 heteroatoms. The topological polar surface area (TPSA) is 79.6 Å². The molecule has 4 rings (SSSR count). The lowest BCUT2D eigenvalue weighted by molar-refractivity contribution is -0.119. The molecule has 2 N–H and O–H groups in total. The molecule has 154 valence electrons. The second-order valence-corrected chi connectivity index (χ2v) is 7.38. The number of hydrogen-bond acceptors (Lipinski definition) is 5. The molecule has 2 atom stereocenters. The number of hydrogen-bond donors (Lipinski definition) is 2. The summed E-state index contributed by atoms with van der Waals surface area (Å²) in [5, 5.41) is 6.83. The molecule has 30 heavy (non-hydrogen) atoms. The van der Waals surface area contributed by atoms with Crippen LogP contribution in [-0.2, 0) is 9.53 Å². The van der Waals surface area contributed by atoms with Gasteiger partial charge in [0.1, 0.15) is 18.4 Å². The first-order chi connectivity index (χ1) is 14.6. The Bertz CT molecular complexity index is 1040. The zero-order chi connectivity index (χ0) is 21.1. The van der Waals surface area contributed by atoms with Crippen LogP contribution in [-0.4, -0.2) is 29.7 Å². The average molecular weight is 423 g/mol. The van der Waals surface area contributed by atoms with Gasteiger partial charge in [-0.2, -0.15) is 0 Å². The summed E-state index contributed by atoms with van der Waals surface area (Å²) in [5.41, 5.74) is 3.42. The van der Waals surface area contributed by atoms with E-state index in [1.807, 2.05) is 60.4 Å². The SMILES string of the molecule is COCC(=O)Nc1ccc(N2C(=S)NC(c3ccccn3)C2c2ccco2)cc1C. The van der Waals surface area contributed by atoms with Crippen LogP contribution in [0.5, 0.6) is 0 Å². The van der Waals surface area contributed by atoms with Gasteiger partial charge in [0.15, 0.2) is 5.11 Å². The number of nitrogens with zero attached hydrogens (tertiary/aromatic N) is 2. The summed E-state index contributed by atoms with van der Waals surface area (Å²) in [6.07, 6.45) is 3.42. The summed E-state index contributed by atoms with van der Waals surface area (Å²) in [6.45, 7) is 1.95. The van der Waals surface area contributed by atoms with Gasteiger partial charge in [-0.1, -0.05) is 6.07 Å². The summed E-state index contributed by atoms with van der Waals surface area (Å²) >= 11 is 5.69. The molecule has 2 unspecified atom stereocenters. The number of anilines is 2. The summed E-state index contributed by atoms with van der Waals surface area (Å²) < 4.78 is 10.6. The first-order valence-corrected chi connectivity index (χ1v) is 9.93. The van der Waals surface area contributed by atoms with E-state index in [-0.39, 0.29) is 24.6 Å². The Morgan fingerprint density at radius 3 is 2.83 bits per heavy atom. The van der Waals surface area contributed by atoms with Gasteiger partial charge in [-0.25, -0.2) is 0 Å². The Balaban J connectivity index is 1.69. The summed E-state index contributed by atoms with van der Waals surface area (Å²) in [4.78, 5) is 18.4. The summed E-state index contributed by atoms with van der Waals surface area (Å²) in [5.74, 6) is 0.587. The van der Waals surface area contributed by atoms with E-state index in [1.54, 1.807) is 12.5 Å².